The van der Waals surface area contributed by atoms with Gasteiger partial charge in [0, 0.05) is 6.72 Å². The quantitative estimate of drug-likeness (QED) is 0.306. The molecule has 74 valence electrons. The Bertz CT molecular complexity index is 341. The van der Waals surface area contributed by atoms with Crippen molar-refractivity contribution in [2.75, 3.05) is 10.7 Å². The van der Waals surface area contributed by atoms with Gasteiger partial charge in [0.1, 0.15) is 11.7 Å². The monoisotopic (exact) mass is 192 g/mol. The van der Waals surface area contributed by atoms with Crippen molar-refractivity contribution in [2.24, 2.45) is 16.0 Å². The van der Waals surface area contributed by atoms with Gasteiger partial charge in [-0.25, -0.2) is 15.8 Å². The second-order valence-electron chi connectivity index (χ2n) is 2.61. The molecule has 0 saturated carbocycles. The van der Waals surface area contributed by atoms with Crippen molar-refractivity contribution in [3.63, 3.8) is 0 Å². The number of hydrazine groups is 1. The van der Waals surface area contributed by atoms with Crippen LogP contribution in [0.2, 0.25) is 0 Å². The van der Waals surface area contributed by atoms with E-state index in [1.54, 1.807) is 19.1 Å². The molecular formula is C8H12N6. The summed E-state index contributed by atoms with van der Waals surface area (Å²) in [6.45, 7) is 4.93. The number of hydrogen-bond acceptors (Lipinski definition) is 5. The molecule has 0 fully saturated rings. The molecule has 0 atom stereocenters. The Balaban J connectivity index is 2.89. The van der Waals surface area contributed by atoms with Gasteiger partial charge in [-0.1, -0.05) is 0 Å². The lowest BCUT2D eigenvalue weighted by Crippen LogP contribution is -2.36. The fourth-order valence-electron chi connectivity index (χ4n) is 0.856. The Morgan fingerprint density at radius 1 is 1.57 bits per heavy atom. The zero-order valence-corrected chi connectivity index (χ0v) is 7.88. The van der Waals surface area contributed by atoms with Crippen molar-refractivity contribution >= 4 is 24.1 Å². The summed E-state index contributed by atoms with van der Waals surface area (Å²) in [5.41, 5.74) is 6.06. The lowest BCUT2D eigenvalue weighted by molar-refractivity contribution is 1.04. The SMILES string of the molecule is C=N/N=C(/C)N(N)c1ccc(N)cn1. The van der Waals surface area contributed by atoms with Crippen molar-refractivity contribution in [1.29, 1.82) is 0 Å². The molecule has 4 N–H and O–H groups in total. The van der Waals surface area contributed by atoms with Gasteiger partial charge in [-0.2, -0.15) is 5.10 Å². The molecule has 1 aromatic rings. The normalized spacial score (nSPS) is 11.1. The van der Waals surface area contributed by atoms with E-state index in [1.807, 2.05) is 0 Å². The Hall–Kier alpha value is -1.95. The first-order valence-corrected chi connectivity index (χ1v) is 3.92. The highest BCUT2D eigenvalue weighted by molar-refractivity contribution is 5.93. The number of nitrogens with two attached hydrogens (primary N) is 2. The zero-order chi connectivity index (χ0) is 10.6. The van der Waals surface area contributed by atoms with Crippen molar-refractivity contribution in [3.8, 4) is 0 Å². The maximum Gasteiger partial charge on any atom is 0.148 e. The van der Waals surface area contributed by atoms with Crippen LogP contribution in [0.4, 0.5) is 11.5 Å². The highest BCUT2D eigenvalue weighted by Gasteiger charge is 2.05. The van der Waals surface area contributed by atoms with Crippen molar-refractivity contribution in [3.05, 3.63) is 18.3 Å². The van der Waals surface area contributed by atoms with Crippen molar-refractivity contribution < 1.29 is 0 Å². The number of amidine groups is 1. The minimum Gasteiger partial charge on any atom is -0.397 e. The van der Waals surface area contributed by atoms with Crippen LogP contribution >= 0.6 is 0 Å². The van der Waals surface area contributed by atoms with Crippen LogP contribution in [-0.4, -0.2) is 17.5 Å². The highest BCUT2D eigenvalue weighted by Crippen LogP contribution is 2.09. The number of rotatable bonds is 2. The molecule has 1 rings (SSSR count). The number of pyridine rings is 1. The second-order valence-corrected chi connectivity index (χ2v) is 2.61. The third-order valence-corrected chi connectivity index (χ3v) is 1.58. The summed E-state index contributed by atoms with van der Waals surface area (Å²) in [6, 6.07) is 3.40. The van der Waals surface area contributed by atoms with E-state index in [4.69, 9.17) is 11.6 Å². The Morgan fingerprint density at radius 3 is 2.79 bits per heavy atom. The van der Waals surface area contributed by atoms with Crippen LogP contribution in [-0.2, 0) is 0 Å². The number of anilines is 2. The van der Waals surface area contributed by atoms with Gasteiger partial charge in [-0.15, -0.1) is 5.10 Å². The number of hydrogen-bond donors (Lipinski definition) is 2. The van der Waals surface area contributed by atoms with Gasteiger partial charge in [0.2, 0.25) is 0 Å². The Labute approximate surface area is 81.9 Å². The largest absolute Gasteiger partial charge is 0.397 e. The van der Waals surface area contributed by atoms with E-state index in [9.17, 15) is 0 Å². The average Bonchev–Trinajstić information content (AvgIpc) is 2.18. The summed E-state index contributed by atoms with van der Waals surface area (Å²) in [7, 11) is 0. The van der Waals surface area contributed by atoms with Gasteiger partial charge in [0.05, 0.1) is 11.9 Å². The maximum atomic E-state index is 5.69. The molecule has 0 aromatic carbocycles. The van der Waals surface area contributed by atoms with Gasteiger partial charge in [0.25, 0.3) is 0 Å². The smallest absolute Gasteiger partial charge is 0.148 e. The number of nitrogens with zero attached hydrogens (tertiary/aromatic N) is 4. The van der Waals surface area contributed by atoms with Gasteiger partial charge < -0.3 is 5.73 Å². The molecule has 0 aliphatic carbocycles. The Morgan fingerprint density at radius 2 is 2.29 bits per heavy atom. The molecular weight excluding hydrogens is 180 g/mol. The zero-order valence-electron chi connectivity index (χ0n) is 7.88. The summed E-state index contributed by atoms with van der Waals surface area (Å²) >= 11 is 0. The van der Waals surface area contributed by atoms with E-state index in [0.29, 0.717) is 17.3 Å². The molecule has 14 heavy (non-hydrogen) atoms. The van der Waals surface area contributed by atoms with Crippen LogP contribution in [0.1, 0.15) is 6.92 Å². The summed E-state index contributed by atoms with van der Waals surface area (Å²) in [5, 5.41) is 8.35. The average molecular weight is 192 g/mol. The topological polar surface area (TPSA) is 92.9 Å². The molecule has 0 saturated heterocycles. The van der Waals surface area contributed by atoms with Crippen molar-refractivity contribution in [2.45, 2.75) is 6.92 Å². The van der Waals surface area contributed by atoms with Crippen LogP contribution in [0, 0.1) is 0 Å². The molecule has 0 unspecified atom stereocenters. The highest BCUT2D eigenvalue weighted by atomic mass is 15.5. The second kappa shape index (κ2) is 4.33. The van der Waals surface area contributed by atoms with Gasteiger partial charge in [0.15, 0.2) is 0 Å². The molecule has 6 nitrogen and oxygen atoms in total. The summed E-state index contributed by atoms with van der Waals surface area (Å²) in [4.78, 5) is 4.01. The minimum absolute atomic E-state index is 0.497. The molecule has 0 radical (unpaired) electrons. The third kappa shape index (κ3) is 2.27. The third-order valence-electron chi connectivity index (χ3n) is 1.58. The fraction of sp³-hybridized carbons (Fsp3) is 0.125. The Kier molecular flexibility index (Phi) is 3.14. The van der Waals surface area contributed by atoms with Crippen LogP contribution in [0.25, 0.3) is 0 Å². The number of nitrogen functional groups attached to an aromatic ring is 1. The predicted octanol–water partition coefficient (Wildman–Crippen LogP) is 0.378. The summed E-state index contributed by atoms with van der Waals surface area (Å²) < 4.78 is 0. The maximum absolute atomic E-state index is 5.69. The summed E-state index contributed by atoms with van der Waals surface area (Å²) in [5.74, 6) is 6.73. The molecule has 1 heterocycles. The van der Waals surface area contributed by atoms with E-state index in [2.05, 4.69) is 21.9 Å². The molecule has 0 aliphatic rings. The first kappa shape index (κ1) is 10.1. The predicted molar refractivity (Wildman–Crippen MR) is 58.0 cm³/mol. The van der Waals surface area contributed by atoms with E-state index in [1.165, 1.54) is 11.2 Å². The van der Waals surface area contributed by atoms with Gasteiger partial charge >= 0.3 is 0 Å². The molecule has 1 aromatic heterocycles. The van der Waals surface area contributed by atoms with E-state index < -0.39 is 0 Å². The first-order chi connectivity index (χ1) is 6.65. The van der Waals surface area contributed by atoms with Crippen LogP contribution in [0.15, 0.2) is 28.5 Å². The van der Waals surface area contributed by atoms with E-state index >= 15 is 0 Å². The first-order valence-electron chi connectivity index (χ1n) is 3.92. The molecule has 6 heteroatoms. The standard InChI is InChI=1S/C8H12N6/c1-6(13-11-2)14(10)8-4-3-7(9)5-12-8/h3-5H,2,9-10H2,1H3/b13-6-. The minimum atomic E-state index is 0.497. The van der Waals surface area contributed by atoms with Crippen LogP contribution in [0.3, 0.4) is 0 Å². The summed E-state index contributed by atoms with van der Waals surface area (Å²) in [6.07, 6.45) is 1.52. The van der Waals surface area contributed by atoms with Crippen molar-refractivity contribution in [1.82, 2.24) is 4.98 Å². The lowest BCUT2D eigenvalue weighted by Gasteiger charge is -2.15. The van der Waals surface area contributed by atoms with Gasteiger partial charge in [-0.05, 0) is 19.1 Å². The van der Waals surface area contributed by atoms with Crippen LogP contribution < -0.4 is 16.6 Å². The van der Waals surface area contributed by atoms with Gasteiger partial charge in [-0.3, -0.25) is 0 Å². The molecule has 0 bridgehead atoms. The van der Waals surface area contributed by atoms with E-state index in [-0.39, 0.29) is 0 Å². The number of aromatic nitrogens is 1. The lowest BCUT2D eigenvalue weighted by atomic mass is 10.4. The molecule has 0 spiro atoms. The molecule has 0 aliphatic heterocycles. The fourth-order valence-corrected chi connectivity index (χ4v) is 0.856. The van der Waals surface area contributed by atoms with Crippen LogP contribution in [0.5, 0.6) is 0 Å². The van der Waals surface area contributed by atoms with E-state index in [0.717, 1.165) is 0 Å². The molecule has 0 amide bonds.